The molecule has 0 unspecified atom stereocenters. The number of benzene rings is 4. The van der Waals surface area contributed by atoms with Crippen molar-refractivity contribution in [1.29, 1.82) is 0 Å². The van der Waals surface area contributed by atoms with Crippen molar-refractivity contribution in [3.8, 4) is 23.0 Å². The Bertz CT molecular complexity index is 1270. The number of aldehydes is 4. The largest absolute Gasteiger partial charge is 0.493 e. The van der Waals surface area contributed by atoms with E-state index in [2.05, 4.69) is 0 Å². The van der Waals surface area contributed by atoms with E-state index in [9.17, 15) is 19.2 Å². The van der Waals surface area contributed by atoms with E-state index in [1.54, 1.807) is 97.1 Å². The van der Waals surface area contributed by atoms with Crippen molar-refractivity contribution >= 4 is 25.1 Å². The molecule has 0 aromatic heterocycles. The zero-order chi connectivity index (χ0) is 28.9. The molecular formula is C33H28O8. The fraction of sp³-hybridized carbons (Fsp3) is 0.152. The average Bonchev–Trinajstić information content (AvgIpc) is 3.04. The normalized spacial score (nSPS) is 10.7. The van der Waals surface area contributed by atoms with Gasteiger partial charge in [-0.05, 0) is 48.5 Å². The van der Waals surface area contributed by atoms with Gasteiger partial charge < -0.3 is 18.9 Å². The Morgan fingerprint density at radius 1 is 0.415 bits per heavy atom. The first kappa shape index (κ1) is 28.8. The van der Waals surface area contributed by atoms with Gasteiger partial charge in [-0.15, -0.1) is 0 Å². The summed E-state index contributed by atoms with van der Waals surface area (Å²) in [6, 6.07) is 26.9. The molecule has 0 saturated heterocycles. The van der Waals surface area contributed by atoms with E-state index in [1.807, 2.05) is 0 Å². The molecule has 0 bridgehead atoms. The lowest BCUT2D eigenvalue weighted by Crippen LogP contribution is -2.45. The highest BCUT2D eigenvalue weighted by atomic mass is 16.5. The maximum absolute atomic E-state index is 11.3. The Kier molecular flexibility index (Phi) is 9.98. The van der Waals surface area contributed by atoms with Crippen LogP contribution in [0.4, 0.5) is 0 Å². The minimum absolute atomic E-state index is 0.0451. The van der Waals surface area contributed by atoms with Crippen molar-refractivity contribution in [3.05, 3.63) is 119 Å². The Hall–Kier alpha value is -5.24. The Morgan fingerprint density at radius 2 is 0.659 bits per heavy atom. The summed E-state index contributed by atoms with van der Waals surface area (Å²) in [5, 5.41) is 0. The van der Waals surface area contributed by atoms with Gasteiger partial charge in [0.2, 0.25) is 0 Å². The van der Waals surface area contributed by atoms with Crippen LogP contribution in [0.2, 0.25) is 0 Å². The highest BCUT2D eigenvalue weighted by Gasteiger charge is 2.36. The lowest BCUT2D eigenvalue weighted by atomic mass is 9.92. The van der Waals surface area contributed by atoms with Crippen LogP contribution >= 0.6 is 0 Å². The molecule has 41 heavy (non-hydrogen) atoms. The molecule has 208 valence electrons. The third-order valence-corrected chi connectivity index (χ3v) is 6.16. The van der Waals surface area contributed by atoms with Gasteiger partial charge in [-0.2, -0.15) is 0 Å². The summed E-state index contributed by atoms with van der Waals surface area (Å²) in [5.41, 5.74) is 0.874. The molecule has 0 radical (unpaired) electrons. The van der Waals surface area contributed by atoms with E-state index in [1.165, 1.54) is 0 Å². The van der Waals surface area contributed by atoms with Crippen LogP contribution in [-0.2, 0) is 0 Å². The molecule has 0 saturated carbocycles. The molecule has 0 atom stereocenters. The fourth-order valence-corrected chi connectivity index (χ4v) is 3.91. The first-order valence-corrected chi connectivity index (χ1v) is 12.8. The van der Waals surface area contributed by atoms with Crippen molar-refractivity contribution in [1.82, 2.24) is 0 Å². The smallest absolute Gasteiger partial charge is 0.150 e. The summed E-state index contributed by atoms with van der Waals surface area (Å²) in [6.07, 6.45) is 2.93. The Labute approximate surface area is 237 Å². The first-order chi connectivity index (χ1) is 20.0. The van der Waals surface area contributed by atoms with Crippen molar-refractivity contribution < 1.29 is 38.1 Å². The number of ether oxygens (including phenoxy) is 4. The molecule has 0 aliphatic rings. The molecule has 0 fully saturated rings. The molecule has 0 heterocycles. The molecule has 4 rings (SSSR count). The summed E-state index contributed by atoms with van der Waals surface area (Å²) in [7, 11) is 0. The molecule has 4 aromatic rings. The summed E-state index contributed by atoms with van der Waals surface area (Å²) in [4.78, 5) is 45.2. The standard InChI is InChI=1S/C33H28O8/c34-17-25-5-1-9-29(13-25)38-21-33(22-39-30-10-2-6-26(14-30)18-35,23-40-31-11-3-7-27(15-31)19-36)24-41-32-12-4-8-28(16-32)20-37/h1-20H,21-24H2. The molecule has 8 heteroatoms. The van der Waals surface area contributed by atoms with E-state index < -0.39 is 5.41 Å². The second-order valence-electron chi connectivity index (χ2n) is 9.42. The topological polar surface area (TPSA) is 105 Å². The van der Waals surface area contributed by atoms with Gasteiger partial charge in [0, 0.05) is 22.3 Å². The summed E-state index contributed by atoms with van der Waals surface area (Å²) in [5.74, 6) is 1.86. The van der Waals surface area contributed by atoms with Crippen molar-refractivity contribution in [3.63, 3.8) is 0 Å². The van der Waals surface area contributed by atoms with E-state index >= 15 is 0 Å². The lowest BCUT2D eigenvalue weighted by molar-refractivity contribution is -0.00357. The van der Waals surface area contributed by atoms with Gasteiger partial charge in [0.1, 0.15) is 80.0 Å². The second kappa shape index (κ2) is 14.2. The highest BCUT2D eigenvalue weighted by molar-refractivity contribution is 5.76. The van der Waals surface area contributed by atoms with Gasteiger partial charge in [0.05, 0.1) is 0 Å². The highest BCUT2D eigenvalue weighted by Crippen LogP contribution is 2.27. The molecule has 0 N–H and O–H groups in total. The molecule has 0 aliphatic heterocycles. The maximum atomic E-state index is 11.3. The van der Waals surface area contributed by atoms with Crippen LogP contribution in [0.15, 0.2) is 97.1 Å². The van der Waals surface area contributed by atoms with Crippen LogP contribution in [0.1, 0.15) is 41.4 Å². The van der Waals surface area contributed by atoms with Gasteiger partial charge in [-0.25, -0.2) is 0 Å². The second-order valence-corrected chi connectivity index (χ2v) is 9.42. The Balaban J connectivity index is 1.65. The van der Waals surface area contributed by atoms with Crippen LogP contribution in [0.3, 0.4) is 0 Å². The van der Waals surface area contributed by atoms with Crippen LogP contribution in [-0.4, -0.2) is 51.6 Å². The van der Waals surface area contributed by atoms with E-state index in [4.69, 9.17) is 18.9 Å². The molecule has 0 amide bonds. The third-order valence-electron chi connectivity index (χ3n) is 6.16. The molecule has 8 nitrogen and oxygen atoms in total. The van der Waals surface area contributed by atoms with E-state index in [-0.39, 0.29) is 26.4 Å². The van der Waals surface area contributed by atoms with E-state index in [0.29, 0.717) is 45.3 Å². The monoisotopic (exact) mass is 552 g/mol. The average molecular weight is 553 g/mol. The van der Waals surface area contributed by atoms with E-state index in [0.717, 1.165) is 25.1 Å². The zero-order valence-corrected chi connectivity index (χ0v) is 22.1. The minimum atomic E-state index is -0.956. The number of hydrogen-bond acceptors (Lipinski definition) is 8. The van der Waals surface area contributed by atoms with Crippen LogP contribution in [0, 0.1) is 5.41 Å². The Morgan fingerprint density at radius 3 is 0.878 bits per heavy atom. The lowest BCUT2D eigenvalue weighted by Gasteiger charge is -2.33. The van der Waals surface area contributed by atoms with Crippen LogP contribution in [0.5, 0.6) is 23.0 Å². The molecule has 0 spiro atoms. The number of carbonyl (C=O) groups excluding carboxylic acids is 4. The summed E-state index contributed by atoms with van der Waals surface area (Å²) >= 11 is 0. The summed E-state index contributed by atoms with van der Waals surface area (Å²) < 4.78 is 24.6. The number of rotatable bonds is 16. The maximum Gasteiger partial charge on any atom is 0.150 e. The number of hydrogen-bond donors (Lipinski definition) is 0. The van der Waals surface area contributed by atoms with Crippen LogP contribution < -0.4 is 18.9 Å². The zero-order valence-electron chi connectivity index (χ0n) is 22.1. The molecule has 0 aliphatic carbocycles. The van der Waals surface area contributed by atoms with Gasteiger partial charge in [0.15, 0.2) is 0 Å². The van der Waals surface area contributed by atoms with Gasteiger partial charge >= 0.3 is 0 Å². The quantitative estimate of drug-likeness (QED) is 0.167. The van der Waals surface area contributed by atoms with Gasteiger partial charge in [0.25, 0.3) is 0 Å². The van der Waals surface area contributed by atoms with Crippen LogP contribution in [0.25, 0.3) is 0 Å². The van der Waals surface area contributed by atoms with Crippen molar-refractivity contribution in [2.24, 2.45) is 5.41 Å². The van der Waals surface area contributed by atoms with Gasteiger partial charge in [-0.1, -0.05) is 48.5 Å². The third kappa shape index (κ3) is 8.37. The first-order valence-electron chi connectivity index (χ1n) is 12.8. The minimum Gasteiger partial charge on any atom is -0.493 e. The van der Waals surface area contributed by atoms with Crippen molar-refractivity contribution in [2.75, 3.05) is 26.4 Å². The molecule has 4 aromatic carbocycles. The predicted molar refractivity (Wildman–Crippen MR) is 152 cm³/mol. The SMILES string of the molecule is O=Cc1cccc(OCC(COc2cccc(C=O)c2)(COc2cccc(C=O)c2)COc2cccc(C=O)c2)c1. The molecular weight excluding hydrogens is 524 g/mol. The fourth-order valence-electron chi connectivity index (χ4n) is 3.91. The number of carbonyl (C=O) groups is 4. The predicted octanol–water partition coefficient (Wildman–Crippen LogP) is 5.54. The van der Waals surface area contributed by atoms with Gasteiger partial charge in [-0.3, -0.25) is 19.2 Å². The van der Waals surface area contributed by atoms with Crippen molar-refractivity contribution in [2.45, 2.75) is 0 Å². The summed E-state index contributed by atoms with van der Waals surface area (Å²) in [6.45, 7) is 0.180.